The van der Waals surface area contributed by atoms with Crippen LogP contribution in [0.4, 0.5) is 5.69 Å². The average molecular weight is 337 g/mol. The molecule has 0 aliphatic rings. The van der Waals surface area contributed by atoms with Crippen molar-refractivity contribution in [3.8, 4) is 5.75 Å². The summed E-state index contributed by atoms with van der Waals surface area (Å²) >= 11 is 0. The van der Waals surface area contributed by atoms with Crippen molar-refractivity contribution >= 4 is 22.6 Å². The first-order valence-corrected chi connectivity index (χ1v) is 7.98. The summed E-state index contributed by atoms with van der Waals surface area (Å²) in [6.07, 6.45) is 0. The summed E-state index contributed by atoms with van der Waals surface area (Å²) in [6, 6.07) is 12.8. The summed E-state index contributed by atoms with van der Waals surface area (Å²) in [6.45, 7) is 5.32. The van der Waals surface area contributed by atoms with Crippen LogP contribution in [0, 0.1) is 20.8 Å². The molecule has 0 atom stereocenters. The first kappa shape index (κ1) is 16.8. The molecule has 0 fully saturated rings. The molecule has 1 heterocycles. The monoisotopic (exact) mass is 337 g/mol. The van der Waals surface area contributed by atoms with Gasteiger partial charge in [0, 0.05) is 22.2 Å². The van der Waals surface area contributed by atoms with E-state index in [0.29, 0.717) is 28.1 Å². The molecule has 0 saturated carbocycles. The number of benzene rings is 2. The van der Waals surface area contributed by atoms with Crippen LogP contribution < -0.4 is 15.7 Å². The van der Waals surface area contributed by atoms with E-state index in [0.717, 1.165) is 10.9 Å². The van der Waals surface area contributed by atoms with Crippen molar-refractivity contribution in [1.82, 2.24) is 0 Å². The van der Waals surface area contributed by atoms with Crippen molar-refractivity contribution in [2.24, 2.45) is 0 Å². The van der Waals surface area contributed by atoms with Gasteiger partial charge in [0.15, 0.2) is 6.61 Å². The van der Waals surface area contributed by atoms with E-state index in [1.807, 2.05) is 38.1 Å². The van der Waals surface area contributed by atoms with E-state index in [2.05, 4.69) is 5.32 Å². The number of nitrogens with one attached hydrogen (secondary N) is 1. The van der Waals surface area contributed by atoms with Gasteiger partial charge in [-0.05, 0) is 50.6 Å². The van der Waals surface area contributed by atoms with Crippen molar-refractivity contribution < 1.29 is 13.9 Å². The van der Waals surface area contributed by atoms with Gasteiger partial charge in [0.1, 0.15) is 11.3 Å². The second-order valence-electron chi connectivity index (χ2n) is 5.91. The van der Waals surface area contributed by atoms with Gasteiger partial charge in [0.05, 0.1) is 0 Å². The van der Waals surface area contributed by atoms with E-state index in [1.54, 1.807) is 25.1 Å². The van der Waals surface area contributed by atoms with Crippen LogP contribution >= 0.6 is 0 Å². The van der Waals surface area contributed by atoms with Crippen molar-refractivity contribution in [3.63, 3.8) is 0 Å². The summed E-state index contributed by atoms with van der Waals surface area (Å²) in [4.78, 5) is 23.9. The molecule has 3 aromatic rings. The van der Waals surface area contributed by atoms with Gasteiger partial charge in [-0.15, -0.1) is 0 Å². The molecular formula is C20H19NO4. The molecule has 0 unspecified atom stereocenters. The third kappa shape index (κ3) is 3.40. The van der Waals surface area contributed by atoms with E-state index in [1.165, 1.54) is 0 Å². The van der Waals surface area contributed by atoms with Crippen LogP contribution in [0.25, 0.3) is 11.0 Å². The largest absolute Gasteiger partial charge is 0.483 e. The van der Waals surface area contributed by atoms with Crippen molar-refractivity contribution in [2.75, 3.05) is 11.9 Å². The van der Waals surface area contributed by atoms with Crippen LogP contribution in [0.5, 0.6) is 5.75 Å². The fraction of sp³-hybridized carbons (Fsp3) is 0.200. The topological polar surface area (TPSA) is 68.5 Å². The maximum atomic E-state index is 12.0. The van der Waals surface area contributed by atoms with Gasteiger partial charge < -0.3 is 14.5 Å². The molecule has 0 aliphatic carbocycles. The Morgan fingerprint density at radius 1 is 1.00 bits per heavy atom. The van der Waals surface area contributed by atoms with Crippen LogP contribution in [-0.4, -0.2) is 12.5 Å². The summed E-state index contributed by atoms with van der Waals surface area (Å²) in [7, 11) is 0. The van der Waals surface area contributed by atoms with Crippen molar-refractivity contribution in [2.45, 2.75) is 20.8 Å². The summed E-state index contributed by atoms with van der Waals surface area (Å²) in [5, 5.41) is 3.63. The van der Waals surface area contributed by atoms with Crippen LogP contribution in [0.1, 0.15) is 16.7 Å². The smallest absolute Gasteiger partial charge is 0.339 e. The van der Waals surface area contributed by atoms with Gasteiger partial charge in [-0.2, -0.15) is 0 Å². The Kier molecular flexibility index (Phi) is 4.57. The standard InChI is InChI=1S/C20H19NO4/c1-12-13(2)20(23)25-19-14(3)17(10-9-16(12)19)24-11-18(22)21-15-7-5-4-6-8-15/h4-10H,11H2,1-3H3,(H,21,22). The maximum absolute atomic E-state index is 12.0. The van der Waals surface area contributed by atoms with E-state index in [4.69, 9.17) is 9.15 Å². The molecule has 0 saturated heterocycles. The molecule has 5 nitrogen and oxygen atoms in total. The molecule has 1 N–H and O–H groups in total. The number of fused-ring (bicyclic) bond motifs is 1. The van der Waals surface area contributed by atoms with Crippen LogP contribution in [0.15, 0.2) is 51.7 Å². The Morgan fingerprint density at radius 3 is 2.44 bits per heavy atom. The van der Waals surface area contributed by atoms with Gasteiger partial charge in [-0.25, -0.2) is 4.79 Å². The molecule has 3 rings (SSSR count). The predicted molar refractivity (Wildman–Crippen MR) is 97.3 cm³/mol. The second kappa shape index (κ2) is 6.81. The molecule has 25 heavy (non-hydrogen) atoms. The first-order chi connectivity index (χ1) is 12.0. The zero-order valence-corrected chi connectivity index (χ0v) is 14.4. The number of anilines is 1. The zero-order valence-electron chi connectivity index (χ0n) is 14.4. The van der Waals surface area contributed by atoms with E-state index < -0.39 is 0 Å². The number of ether oxygens (including phenoxy) is 1. The lowest BCUT2D eigenvalue weighted by atomic mass is 10.0. The molecule has 1 amide bonds. The van der Waals surface area contributed by atoms with Crippen LogP contribution in [-0.2, 0) is 4.79 Å². The van der Waals surface area contributed by atoms with Gasteiger partial charge >= 0.3 is 5.63 Å². The first-order valence-electron chi connectivity index (χ1n) is 7.98. The minimum atomic E-state index is -0.355. The van der Waals surface area contributed by atoms with Gasteiger partial charge in [0.2, 0.25) is 0 Å². The molecule has 0 aliphatic heterocycles. The highest BCUT2D eigenvalue weighted by molar-refractivity contribution is 5.92. The molecule has 2 aromatic carbocycles. The fourth-order valence-electron chi connectivity index (χ4n) is 2.64. The highest BCUT2D eigenvalue weighted by Gasteiger charge is 2.13. The lowest BCUT2D eigenvalue weighted by Gasteiger charge is -2.12. The molecule has 1 aromatic heterocycles. The number of para-hydroxylation sites is 1. The maximum Gasteiger partial charge on any atom is 0.339 e. The minimum absolute atomic E-state index is 0.129. The van der Waals surface area contributed by atoms with Crippen LogP contribution in [0.3, 0.4) is 0 Å². The Hall–Kier alpha value is -3.08. The highest BCUT2D eigenvalue weighted by Crippen LogP contribution is 2.29. The van der Waals surface area contributed by atoms with E-state index in [9.17, 15) is 9.59 Å². The number of rotatable bonds is 4. The zero-order chi connectivity index (χ0) is 18.0. The number of carbonyl (C=O) groups excluding carboxylic acids is 1. The quantitative estimate of drug-likeness (QED) is 0.737. The molecule has 0 bridgehead atoms. The number of amides is 1. The molecular weight excluding hydrogens is 318 g/mol. The second-order valence-corrected chi connectivity index (χ2v) is 5.91. The third-order valence-electron chi connectivity index (χ3n) is 4.24. The number of carbonyl (C=O) groups is 1. The van der Waals surface area contributed by atoms with E-state index in [-0.39, 0.29) is 18.1 Å². The fourth-order valence-corrected chi connectivity index (χ4v) is 2.64. The minimum Gasteiger partial charge on any atom is -0.483 e. The van der Waals surface area contributed by atoms with Gasteiger partial charge in [-0.3, -0.25) is 4.79 Å². The van der Waals surface area contributed by atoms with Crippen molar-refractivity contribution in [1.29, 1.82) is 0 Å². The lowest BCUT2D eigenvalue weighted by Crippen LogP contribution is -2.20. The summed E-state index contributed by atoms with van der Waals surface area (Å²) in [5.41, 5.74) is 3.04. The molecule has 128 valence electrons. The highest BCUT2D eigenvalue weighted by atomic mass is 16.5. The Bertz CT molecular complexity index is 990. The summed E-state index contributed by atoms with van der Waals surface area (Å²) in [5.74, 6) is 0.259. The summed E-state index contributed by atoms with van der Waals surface area (Å²) < 4.78 is 11.0. The Labute approximate surface area is 145 Å². The van der Waals surface area contributed by atoms with Gasteiger partial charge in [-0.1, -0.05) is 18.2 Å². The normalized spacial score (nSPS) is 10.7. The SMILES string of the molecule is Cc1c(C)c2ccc(OCC(=O)Nc3ccccc3)c(C)c2oc1=O. The van der Waals surface area contributed by atoms with Crippen molar-refractivity contribution in [3.05, 3.63) is 69.6 Å². The lowest BCUT2D eigenvalue weighted by molar-refractivity contribution is -0.118. The van der Waals surface area contributed by atoms with Gasteiger partial charge in [0.25, 0.3) is 5.91 Å². The molecule has 5 heteroatoms. The van der Waals surface area contributed by atoms with Crippen LogP contribution in [0.2, 0.25) is 0 Å². The Balaban J connectivity index is 1.80. The predicted octanol–water partition coefficient (Wildman–Crippen LogP) is 3.74. The molecule has 0 spiro atoms. The molecule has 0 radical (unpaired) electrons. The van der Waals surface area contributed by atoms with E-state index >= 15 is 0 Å². The number of hydrogen-bond acceptors (Lipinski definition) is 4. The third-order valence-corrected chi connectivity index (χ3v) is 4.24. The Morgan fingerprint density at radius 2 is 1.72 bits per heavy atom. The number of aryl methyl sites for hydroxylation is 2. The average Bonchev–Trinajstić information content (AvgIpc) is 2.61. The number of hydrogen-bond donors (Lipinski definition) is 1.